The second-order valence-electron chi connectivity index (χ2n) is 6.07. The number of carbonyl (C=O) groups is 1. The molecule has 0 saturated heterocycles. The maximum Gasteiger partial charge on any atom is 0.328 e. The van der Waals surface area contributed by atoms with Crippen LogP contribution in [0.2, 0.25) is 0 Å². The Labute approximate surface area is 159 Å². The lowest BCUT2D eigenvalue weighted by atomic mass is 10.1. The average Bonchev–Trinajstić information content (AvgIpc) is 2.65. The van der Waals surface area contributed by atoms with Gasteiger partial charge in [0.2, 0.25) is 11.9 Å². The number of aromatic nitrogens is 4. The van der Waals surface area contributed by atoms with E-state index in [4.69, 9.17) is 11.5 Å². The monoisotopic (exact) mass is 381 g/mol. The van der Waals surface area contributed by atoms with E-state index in [0.717, 1.165) is 11.1 Å². The normalized spacial score (nSPS) is 10.6. The van der Waals surface area contributed by atoms with Crippen molar-refractivity contribution < 1.29 is 4.79 Å². The van der Waals surface area contributed by atoms with Crippen LogP contribution in [0.1, 0.15) is 12.0 Å². The SMILES string of the molecule is Nc1cc(-c2cccc(CNC(=O)CCn3ccc(=O)[nH]c3=O)c2)nc(N)n1. The summed E-state index contributed by atoms with van der Waals surface area (Å²) in [4.78, 5) is 44.8. The minimum absolute atomic E-state index is 0.0891. The summed E-state index contributed by atoms with van der Waals surface area (Å²) in [6, 6.07) is 10.3. The van der Waals surface area contributed by atoms with E-state index in [9.17, 15) is 14.4 Å². The third-order valence-corrected chi connectivity index (χ3v) is 3.95. The fourth-order valence-electron chi connectivity index (χ4n) is 2.61. The van der Waals surface area contributed by atoms with Crippen molar-refractivity contribution in [2.75, 3.05) is 11.5 Å². The third kappa shape index (κ3) is 4.81. The first-order valence-corrected chi connectivity index (χ1v) is 8.46. The number of nitrogens with one attached hydrogen (secondary N) is 2. The van der Waals surface area contributed by atoms with E-state index in [1.165, 1.54) is 16.8 Å². The molecule has 0 fully saturated rings. The number of rotatable bonds is 6. The maximum atomic E-state index is 12.1. The second-order valence-corrected chi connectivity index (χ2v) is 6.07. The Morgan fingerprint density at radius 3 is 2.71 bits per heavy atom. The van der Waals surface area contributed by atoms with E-state index < -0.39 is 11.2 Å². The number of H-pyrrole nitrogens is 1. The molecule has 0 aliphatic rings. The van der Waals surface area contributed by atoms with E-state index in [1.807, 2.05) is 24.3 Å². The van der Waals surface area contributed by atoms with E-state index in [0.29, 0.717) is 12.2 Å². The molecular weight excluding hydrogens is 362 g/mol. The van der Waals surface area contributed by atoms with Gasteiger partial charge in [0, 0.05) is 43.4 Å². The van der Waals surface area contributed by atoms with Crippen molar-refractivity contribution >= 4 is 17.7 Å². The third-order valence-electron chi connectivity index (χ3n) is 3.95. The van der Waals surface area contributed by atoms with Gasteiger partial charge in [0.15, 0.2) is 0 Å². The van der Waals surface area contributed by atoms with Crippen LogP contribution in [0.3, 0.4) is 0 Å². The molecule has 10 heteroatoms. The highest BCUT2D eigenvalue weighted by atomic mass is 16.2. The van der Waals surface area contributed by atoms with E-state index in [-0.39, 0.29) is 30.6 Å². The number of nitrogens with two attached hydrogens (primary N) is 2. The summed E-state index contributed by atoms with van der Waals surface area (Å²) in [5.74, 6) is 0.143. The highest BCUT2D eigenvalue weighted by Gasteiger charge is 2.07. The Hall–Kier alpha value is -3.95. The topological polar surface area (TPSA) is 162 Å². The summed E-state index contributed by atoms with van der Waals surface area (Å²) in [6.07, 6.45) is 1.46. The summed E-state index contributed by atoms with van der Waals surface area (Å²) in [5.41, 5.74) is 12.6. The van der Waals surface area contributed by atoms with Gasteiger partial charge in [-0.15, -0.1) is 0 Å². The molecule has 1 amide bonds. The van der Waals surface area contributed by atoms with Gasteiger partial charge < -0.3 is 21.4 Å². The summed E-state index contributed by atoms with van der Waals surface area (Å²) < 4.78 is 1.27. The quantitative estimate of drug-likeness (QED) is 0.462. The first kappa shape index (κ1) is 18.8. The van der Waals surface area contributed by atoms with Crippen LogP contribution in [-0.4, -0.2) is 25.4 Å². The summed E-state index contributed by atoms with van der Waals surface area (Å²) in [6.45, 7) is 0.476. The largest absolute Gasteiger partial charge is 0.384 e. The van der Waals surface area contributed by atoms with Crippen molar-refractivity contribution in [1.82, 2.24) is 24.8 Å². The molecule has 28 heavy (non-hydrogen) atoms. The van der Waals surface area contributed by atoms with Crippen molar-refractivity contribution in [2.24, 2.45) is 0 Å². The molecule has 0 bridgehead atoms. The smallest absolute Gasteiger partial charge is 0.328 e. The lowest BCUT2D eigenvalue weighted by Gasteiger charge is -2.09. The number of nitrogens with zero attached hydrogens (tertiary/aromatic N) is 3. The summed E-state index contributed by atoms with van der Waals surface area (Å²) in [5, 5.41) is 2.79. The van der Waals surface area contributed by atoms with Crippen molar-refractivity contribution in [1.29, 1.82) is 0 Å². The Morgan fingerprint density at radius 2 is 1.96 bits per heavy atom. The van der Waals surface area contributed by atoms with Crippen molar-refractivity contribution in [3.8, 4) is 11.3 Å². The molecule has 6 N–H and O–H groups in total. The van der Waals surface area contributed by atoms with Crippen LogP contribution in [-0.2, 0) is 17.9 Å². The molecule has 0 aliphatic carbocycles. The van der Waals surface area contributed by atoms with Crippen LogP contribution in [0.4, 0.5) is 11.8 Å². The second kappa shape index (κ2) is 8.16. The van der Waals surface area contributed by atoms with Crippen molar-refractivity contribution in [2.45, 2.75) is 19.5 Å². The Kier molecular flexibility index (Phi) is 5.49. The summed E-state index contributed by atoms with van der Waals surface area (Å²) >= 11 is 0. The van der Waals surface area contributed by atoms with Gasteiger partial charge in [0.25, 0.3) is 5.56 Å². The van der Waals surface area contributed by atoms with Crippen molar-refractivity contribution in [3.05, 3.63) is 69.0 Å². The summed E-state index contributed by atoms with van der Waals surface area (Å²) in [7, 11) is 0. The Bertz CT molecular complexity index is 1100. The Balaban J connectivity index is 1.60. The minimum Gasteiger partial charge on any atom is -0.384 e. The van der Waals surface area contributed by atoms with E-state index in [2.05, 4.69) is 20.3 Å². The lowest BCUT2D eigenvalue weighted by Crippen LogP contribution is -2.31. The molecule has 0 unspecified atom stereocenters. The van der Waals surface area contributed by atoms with Gasteiger partial charge >= 0.3 is 5.69 Å². The van der Waals surface area contributed by atoms with Crippen LogP contribution >= 0.6 is 0 Å². The zero-order valence-electron chi connectivity index (χ0n) is 14.9. The molecule has 0 atom stereocenters. The van der Waals surface area contributed by atoms with Crippen LogP contribution in [0, 0.1) is 0 Å². The molecular formula is C18H19N7O3. The number of aromatic amines is 1. The lowest BCUT2D eigenvalue weighted by molar-refractivity contribution is -0.121. The van der Waals surface area contributed by atoms with Crippen LogP contribution in [0.5, 0.6) is 0 Å². The number of carbonyl (C=O) groups excluding carboxylic acids is 1. The number of anilines is 2. The van der Waals surface area contributed by atoms with Gasteiger partial charge in [-0.05, 0) is 11.6 Å². The number of hydrogen-bond acceptors (Lipinski definition) is 7. The van der Waals surface area contributed by atoms with Gasteiger partial charge in [-0.2, -0.15) is 4.98 Å². The molecule has 0 radical (unpaired) electrons. The first-order chi connectivity index (χ1) is 13.4. The zero-order valence-corrected chi connectivity index (χ0v) is 14.9. The predicted octanol–water partition coefficient (Wildman–Crippen LogP) is -0.135. The Morgan fingerprint density at radius 1 is 1.14 bits per heavy atom. The van der Waals surface area contributed by atoms with Crippen molar-refractivity contribution in [3.63, 3.8) is 0 Å². The molecule has 0 saturated carbocycles. The number of hydrogen-bond donors (Lipinski definition) is 4. The molecule has 2 heterocycles. The zero-order chi connectivity index (χ0) is 20.1. The fraction of sp³-hybridized carbons (Fsp3) is 0.167. The molecule has 1 aromatic carbocycles. The van der Waals surface area contributed by atoms with Gasteiger partial charge in [-0.3, -0.25) is 14.6 Å². The van der Waals surface area contributed by atoms with E-state index in [1.54, 1.807) is 6.07 Å². The molecule has 10 nitrogen and oxygen atoms in total. The van der Waals surface area contributed by atoms with Crippen LogP contribution in [0.25, 0.3) is 11.3 Å². The number of nitrogen functional groups attached to an aromatic ring is 2. The molecule has 2 aromatic heterocycles. The van der Waals surface area contributed by atoms with Gasteiger partial charge in [-0.1, -0.05) is 18.2 Å². The first-order valence-electron chi connectivity index (χ1n) is 8.46. The van der Waals surface area contributed by atoms with Gasteiger partial charge in [-0.25, -0.2) is 9.78 Å². The molecule has 144 valence electrons. The van der Waals surface area contributed by atoms with Crippen LogP contribution < -0.4 is 28.0 Å². The minimum atomic E-state index is -0.545. The van der Waals surface area contributed by atoms with E-state index >= 15 is 0 Å². The van der Waals surface area contributed by atoms with Gasteiger partial charge in [0.05, 0.1) is 5.69 Å². The van der Waals surface area contributed by atoms with Gasteiger partial charge in [0.1, 0.15) is 5.82 Å². The van der Waals surface area contributed by atoms with Crippen LogP contribution in [0.15, 0.2) is 52.2 Å². The average molecular weight is 381 g/mol. The highest BCUT2D eigenvalue weighted by molar-refractivity contribution is 5.75. The molecule has 0 spiro atoms. The maximum absolute atomic E-state index is 12.1. The number of aryl methyl sites for hydroxylation is 1. The molecule has 0 aliphatic heterocycles. The molecule has 3 aromatic rings. The standard InChI is InChI=1S/C18H19N7O3/c19-14-9-13(22-17(20)23-14)12-3-1-2-11(8-12)10-21-15(26)4-6-25-7-5-16(27)24-18(25)28/h1-3,5,7-9H,4,6,10H2,(H,21,26)(H,24,27,28)(H4,19,20,22,23). The fourth-order valence-corrected chi connectivity index (χ4v) is 2.61. The highest BCUT2D eigenvalue weighted by Crippen LogP contribution is 2.20. The predicted molar refractivity (Wildman–Crippen MR) is 104 cm³/mol. The number of benzene rings is 1. The molecule has 3 rings (SSSR count). The number of amides is 1.